The minimum atomic E-state index is -0.444. The molecule has 1 aromatic carbocycles. The van der Waals surface area contributed by atoms with Crippen LogP contribution in [0.4, 0.5) is 9.18 Å². The van der Waals surface area contributed by atoms with Crippen LogP contribution >= 0.6 is 11.6 Å². The smallest absolute Gasteiger partial charge is 0.317 e. The molecule has 0 spiro atoms. The molecule has 2 amide bonds. The minimum Gasteiger partial charge on any atom is -0.335 e. The van der Waals surface area contributed by atoms with Gasteiger partial charge in [-0.2, -0.15) is 0 Å². The predicted octanol–water partition coefficient (Wildman–Crippen LogP) is 3.32. The van der Waals surface area contributed by atoms with Crippen LogP contribution in [0.5, 0.6) is 0 Å². The van der Waals surface area contributed by atoms with Crippen molar-refractivity contribution in [3.05, 3.63) is 64.2 Å². The molecule has 1 aromatic heterocycles. The molecule has 5 atom stereocenters. The molecule has 158 valence electrons. The summed E-state index contributed by atoms with van der Waals surface area (Å²) in [5.74, 6) is 0.373. The van der Waals surface area contributed by atoms with Crippen molar-refractivity contribution in [2.24, 2.45) is 11.8 Å². The van der Waals surface area contributed by atoms with E-state index in [1.807, 2.05) is 18.0 Å². The number of carbonyl (C=O) groups excluding carboxylic acids is 1. The largest absolute Gasteiger partial charge is 0.335 e. The summed E-state index contributed by atoms with van der Waals surface area (Å²) in [6.45, 7) is 3.12. The zero-order valence-corrected chi connectivity index (χ0v) is 17.5. The molecule has 0 bridgehead atoms. The van der Waals surface area contributed by atoms with Crippen molar-refractivity contribution >= 4 is 17.6 Å². The van der Waals surface area contributed by atoms with Gasteiger partial charge in [0.05, 0.1) is 11.1 Å². The molecule has 1 aliphatic carbocycles. The number of benzene rings is 1. The van der Waals surface area contributed by atoms with E-state index in [0.717, 1.165) is 24.1 Å². The quantitative estimate of drug-likeness (QED) is 0.700. The second-order valence-electron chi connectivity index (χ2n) is 8.68. The molecule has 2 aliphatic heterocycles. The Balaban J connectivity index is 1.31. The van der Waals surface area contributed by atoms with E-state index in [4.69, 9.17) is 11.6 Å². The van der Waals surface area contributed by atoms with Crippen LogP contribution in [0.1, 0.15) is 35.7 Å². The Morgan fingerprint density at radius 3 is 2.87 bits per heavy atom. The van der Waals surface area contributed by atoms with Crippen LogP contribution in [0, 0.1) is 24.6 Å². The molecule has 2 aromatic rings. The zero-order valence-electron chi connectivity index (χ0n) is 16.7. The van der Waals surface area contributed by atoms with Crippen molar-refractivity contribution < 1.29 is 9.18 Å². The molecule has 0 radical (unpaired) electrons. The van der Waals surface area contributed by atoms with E-state index in [1.165, 1.54) is 11.6 Å². The summed E-state index contributed by atoms with van der Waals surface area (Å²) in [7, 11) is 0. The fraction of sp³-hybridized carbons (Fsp3) is 0.455. The summed E-state index contributed by atoms with van der Waals surface area (Å²) in [6, 6.07) is 9.51. The molecule has 6 nitrogen and oxygen atoms in total. The van der Waals surface area contributed by atoms with Gasteiger partial charge in [-0.3, -0.25) is 10.4 Å². The van der Waals surface area contributed by atoms with E-state index < -0.39 is 5.82 Å². The van der Waals surface area contributed by atoms with E-state index in [2.05, 4.69) is 33.3 Å². The molecular weight excluding hydrogens is 405 g/mol. The van der Waals surface area contributed by atoms with Crippen LogP contribution in [0.15, 0.2) is 36.5 Å². The molecule has 8 heteroatoms. The number of hydrogen-bond acceptors (Lipinski definition) is 4. The second kappa shape index (κ2) is 7.80. The van der Waals surface area contributed by atoms with Crippen molar-refractivity contribution in [2.75, 3.05) is 6.54 Å². The van der Waals surface area contributed by atoms with Crippen molar-refractivity contribution in [3.8, 4) is 0 Å². The summed E-state index contributed by atoms with van der Waals surface area (Å²) < 4.78 is 13.5. The number of rotatable bonds is 3. The number of nitrogens with zero attached hydrogens (tertiary/aromatic N) is 2. The number of urea groups is 1. The Kier molecular flexibility index (Phi) is 5.13. The first-order valence-electron chi connectivity index (χ1n) is 10.4. The average Bonchev–Trinajstić information content (AvgIpc) is 3.12. The van der Waals surface area contributed by atoms with Gasteiger partial charge in [-0.1, -0.05) is 17.7 Å². The lowest BCUT2D eigenvalue weighted by Gasteiger charge is -2.45. The number of hydrazine groups is 1. The monoisotopic (exact) mass is 429 g/mol. The summed E-state index contributed by atoms with van der Waals surface area (Å²) in [5.41, 5.74) is 10.0. The SMILES string of the molecule is Cc1cc(C2NNC3CC4NC(=O)N(Cc5ccc(F)c(Cl)c5)CC4CC32)ccn1. The van der Waals surface area contributed by atoms with Crippen molar-refractivity contribution in [1.29, 1.82) is 0 Å². The molecule has 5 unspecified atom stereocenters. The molecule has 3 N–H and O–H groups in total. The van der Waals surface area contributed by atoms with E-state index >= 15 is 0 Å². The molecule has 2 saturated heterocycles. The van der Waals surface area contributed by atoms with Crippen molar-refractivity contribution in [1.82, 2.24) is 26.1 Å². The number of amides is 2. The van der Waals surface area contributed by atoms with Gasteiger partial charge in [0.2, 0.25) is 0 Å². The third-order valence-corrected chi connectivity index (χ3v) is 7.00. The molecule has 3 heterocycles. The number of aryl methyl sites for hydroxylation is 1. The van der Waals surface area contributed by atoms with Gasteiger partial charge in [-0.15, -0.1) is 0 Å². The lowest BCUT2D eigenvalue weighted by atomic mass is 9.71. The lowest BCUT2D eigenvalue weighted by Crippen LogP contribution is -2.60. The Hall–Kier alpha value is -2.22. The van der Waals surface area contributed by atoms with Crippen LogP contribution in [-0.4, -0.2) is 34.5 Å². The summed E-state index contributed by atoms with van der Waals surface area (Å²) in [4.78, 5) is 18.8. The highest BCUT2D eigenvalue weighted by Gasteiger charge is 2.47. The van der Waals surface area contributed by atoms with Gasteiger partial charge in [0, 0.05) is 37.1 Å². The lowest BCUT2D eigenvalue weighted by molar-refractivity contribution is 0.0961. The molecule has 30 heavy (non-hydrogen) atoms. The van der Waals surface area contributed by atoms with Gasteiger partial charge < -0.3 is 10.2 Å². The number of pyridine rings is 1. The van der Waals surface area contributed by atoms with Crippen LogP contribution in [-0.2, 0) is 6.54 Å². The number of hydrogen-bond donors (Lipinski definition) is 3. The highest BCUT2D eigenvalue weighted by Crippen LogP contribution is 2.42. The Morgan fingerprint density at radius 1 is 1.20 bits per heavy atom. The highest BCUT2D eigenvalue weighted by molar-refractivity contribution is 6.30. The van der Waals surface area contributed by atoms with Crippen molar-refractivity contribution in [2.45, 2.75) is 44.4 Å². The fourth-order valence-electron chi connectivity index (χ4n) is 5.24. The van der Waals surface area contributed by atoms with Gasteiger partial charge in [-0.05, 0) is 67.0 Å². The predicted molar refractivity (Wildman–Crippen MR) is 112 cm³/mol. The Labute approximate surface area is 180 Å². The normalized spacial score (nSPS) is 30.6. The van der Waals surface area contributed by atoms with Gasteiger partial charge in [0.15, 0.2) is 0 Å². The first kappa shape index (κ1) is 19.7. The molecule has 1 saturated carbocycles. The maximum atomic E-state index is 13.5. The summed E-state index contributed by atoms with van der Waals surface area (Å²) in [5, 5.41) is 3.28. The zero-order chi connectivity index (χ0) is 20.8. The number of fused-ring (bicyclic) bond motifs is 2. The maximum absolute atomic E-state index is 13.5. The molecular formula is C22H25ClFN5O. The Morgan fingerprint density at radius 2 is 2.07 bits per heavy atom. The first-order chi connectivity index (χ1) is 14.5. The second-order valence-corrected chi connectivity index (χ2v) is 9.09. The average molecular weight is 430 g/mol. The topological polar surface area (TPSA) is 69.3 Å². The third kappa shape index (κ3) is 3.66. The summed E-state index contributed by atoms with van der Waals surface area (Å²) in [6.07, 6.45) is 3.79. The minimum absolute atomic E-state index is 0.0672. The van der Waals surface area contributed by atoms with E-state index in [0.29, 0.717) is 31.0 Å². The maximum Gasteiger partial charge on any atom is 0.317 e. The van der Waals surface area contributed by atoms with E-state index in [-0.39, 0.29) is 23.1 Å². The standard InChI is InChI=1S/C22H25ClFN5O/c1-12-6-14(4-5-25-12)21-16-8-15-11-29(10-13-2-3-18(24)17(23)7-13)22(30)26-19(15)9-20(16)27-28-21/h2-7,15-16,19-21,27-28H,8-11H2,1H3,(H,26,30). The number of carbonyl (C=O) groups is 1. The third-order valence-electron chi connectivity index (χ3n) is 6.71. The van der Waals surface area contributed by atoms with Gasteiger partial charge >= 0.3 is 6.03 Å². The van der Waals surface area contributed by atoms with Crippen LogP contribution in [0.3, 0.4) is 0 Å². The van der Waals surface area contributed by atoms with Crippen LogP contribution < -0.4 is 16.2 Å². The first-order valence-corrected chi connectivity index (χ1v) is 10.8. The van der Waals surface area contributed by atoms with Crippen molar-refractivity contribution in [3.63, 3.8) is 0 Å². The molecule has 3 fully saturated rings. The van der Waals surface area contributed by atoms with Gasteiger partial charge in [0.25, 0.3) is 0 Å². The van der Waals surface area contributed by atoms with Gasteiger partial charge in [0.1, 0.15) is 5.82 Å². The van der Waals surface area contributed by atoms with Crippen LogP contribution in [0.2, 0.25) is 5.02 Å². The number of aromatic nitrogens is 1. The van der Waals surface area contributed by atoms with Crippen LogP contribution in [0.25, 0.3) is 0 Å². The van der Waals surface area contributed by atoms with E-state index in [1.54, 1.807) is 12.1 Å². The van der Waals surface area contributed by atoms with E-state index in [9.17, 15) is 9.18 Å². The Bertz CT molecular complexity index is 972. The molecule has 5 rings (SSSR count). The molecule has 3 aliphatic rings. The highest BCUT2D eigenvalue weighted by atomic mass is 35.5. The fourth-order valence-corrected chi connectivity index (χ4v) is 5.44. The van der Waals surface area contributed by atoms with Gasteiger partial charge in [-0.25, -0.2) is 14.6 Å². The number of halogens is 2. The number of nitrogens with one attached hydrogen (secondary N) is 3. The summed E-state index contributed by atoms with van der Waals surface area (Å²) >= 11 is 5.91.